The van der Waals surface area contributed by atoms with Gasteiger partial charge in [-0.15, -0.1) is 0 Å². The zero-order valence-electron chi connectivity index (χ0n) is 15.1. The molecule has 1 unspecified atom stereocenters. The average molecular weight is 344 g/mol. The number of amides is 2. The SMILES string of the molecule is CCCCC1CCC(C(=O)Nc2ccc3c(c2)NC(=O)C(C)O3)CC1. The lowest BCUT2D eigenvalue weighted by molar-refractivity contribution is -0.122. The van der Waals surface area contributed by atoms with Crippen LogP contribution in [0.3, 0.4) is 0 Å². The third kappa shape index (κ3) is 4.33. The maximum atomic E-state index is 12.5. The summed E-state index contributed by atoms with van der Waals surface area (Å²) in [5, 5.41) is 5.81. The van der Waals surface area contributed by atoms with E-state index >= 15 is 0 Å². The Morgan fingerprint density at radius 2 is 2.04 bits per heavy atom. The molecule has 2 aliphatic rings. The van der Waals surface area contributed by atoms with Gasteiger partial charge in [0.2, 0.25) is 5.91 Å². The molecule has 5 nitrogen and oxygen atoms in total. The lowest BCUT2D eigenvalue weighted by atomic mass is 9.79. The normalized spacial score (nSPS) is 25.5. The van der Waals surface area contributed by atoms with E-state index < -0.39 is 6.10 Å². The number of hydrogen-bond acceptors (Lipinski definition) is 3. The molecular formula is C20H28N2O3. The van der Waals surface area contributed by atoms with E-state index in [0.29, 0.717) is 17.1 Å². The van der Waals surface area contributed by atoms with E-state index in [1.54, 1.807) is 19.1 Å². The predicted octanol–water partition coefficient (Wildman–Crippen LogP) is 4.34. The first-order valence-corrected chi connectivity index (χ1v) is 9.49. The first-order valence-electron chi connectivity index (χ1n) is 9.49. The Morgan fingerprint density at radius 3 is 2.76 bits per heavy atom. The molecule has 0 spiro atoms. The van der Waals surface area contributed by atoms with Crippen molar-refractivity contribution in [3.63, 3.8) is 0 Å². The molecule has 0 radical (unpaired) electrons. The third-order valence-corrected chi connectivity index (χ3v) is 5.36. The third-order valence-electron chi connectivity index (χ3n) is 5.36. The number of unbranched alkanes of at least 4 members (excludes halogenated alkanes) is 1. The Labute approximate surface area is 149 Å². The summed E-state index contributed by atoms with van der Waals surface area (Å²) in [5.74, 6) is 1.45. The largest absolute Gasteiger partial charge is 0.479 e. The number of rotatable bonds is 5. The van der Waals surface area contributed by atoms with Gasteiger partial charge >= 0.3 is 0 Å². The monoisotopic (exact) mass is 344 g/mol. The summed E-state index contributed by atoms with van der Waals surface area (Å²) in [6.07, 6.45) is 7.61. The fourth-order valence-electron chi connectivity index (χ4n) is 3.74. The molecule has 1 saturated carbocycles. The molecule has 0 bridgehead atoms. The molecule has 0 saturated heterocycles. The second-order valence-corrected chi connectivity index (χ2v) is 7.31. The highest BCUT2D eigenvalue weighted by molar-refractivity contribution is 5.99. The number of carbonyl (C=O) groups is 2. The maximum absolute atomic E-state index is 12.5. The van der Waals surface area contributed by atoms with Gasteiger partial charge in [-0.2, -0.15) is 0 Å². The van der Waals surface area contributed by atoms with Crippen molar-refractivity contribution in [1.29, 1.82) is 0 Å². The highest BCUT2D eigenvalue weighted by atomic mass is 16.5. The number of ether oxygens (including phenoxy) is 1. The zero-order chi connectivity index (χ0) is 17.8. The molecule has 1 aromatic carbocycles. The first kappa shape index (κ1) is 17.8. The second-order valence-electron chi connectivity index (χ2n) is 7.31. The van der Waals surface area contributed by atoms with Gasteiger partial charge in [-0.3, -0.25) is 9.59 Å². The molecule has 1 fully saturated rings. The fourth-order valence-corrected chi connectivity index (χ4v) is 3.74. The lowest BCUT2D eigenvalue weighted by Gasteiger charge is -2.28. The van der Waals surface area contributed by atoms with Gasteiger partial charge in [0, 0.05) is 11.6 Å². The zero-order valence-corrected chi connectivity index (χ0v) is 15.1. The van der Waals surface area contributed by atoms with E-state index in [4.69, 9.17) is 4.74 Å². The van der Waals surface area contributed by atoms with Gasteiger partial charge in [-0.05, 0) is 56.7 Å². The van der Waals surface area contributed by atoms with Gasteiger partial charge in [0.05, 0.1) is 5.69 Å². The first-order chi connectivity index (χ1) is 12.1. The Morgan fingerprint density at radius 1 is 1.28 bits per heavy atom. The molecule has 25 heavy (non-hydrogen) atoms. The summed E-state index contributed by atoms with van der Waals surface area (Å²) in [5.41, 5.74) is 1.32. The highest BCUT2D eigenvalue weighted by Gasteiger charge is 2.27. The predicted molar refractivity (Wildman–Crippen MR) is 98.8 cm³/mol. The Hall–Kier alpha value is -2.04. The van der Waals surface area contributed by atoms with Crippen LogP contribution < -0.4 is 15.4 Å². The van der Waals surface area contributed by atoms with Crippen molar-refractivity contribution in [3.8, 4) is 5.75 Å². The minimum atomic E-state index is -0.490. The topological polar surface area (TPSA) is 67.4 Å². The van der Waals surface area contributed by atoms with E-state index in [0.717, 1.165) is 31.6 Å². The van der Waals surface area contributed by atoms with Gasteiger partial charge in [-0.25, -0.2) is 0 Å². The van der Waals surface area contributed by atoms with Crippen LogP contribution in [0.2, 0.25) is 0 Å². The van der Waals surface area contributed by atoms with Crippen LogP contribution in [0.5, 0.6) is 5.75 Å². The van der Waals surface area contributed by atoms with Crippen LogP contribution in [0, 0.1) is 11.8 Å². The quantitative estimate of drug-likeness (QED) is 0.835. The number of nitrogens with one attached hydrogen (secondary N) is 2. The second kappa shape index (κ2) is 7.89. The van der Waals surface area contributed by atoms with Crippen LogP contribution in [0.15, 0.2) is 18.2 Å². The standard InChI is InChI=1S/C20H28N2O3/c1-3-4-5-14-6-8-15(9-7-14)20(24)21-16-10-11-18-17(12-16)22-19(23)13(2)25-18/h10-15H,3-9H2,1-2H3,(H,21,24)(H,22,23). The van der Waals surface area contributed by atoms with Gasteiger partial charge in [0.15, 0.2) is 6.10 Å². The summed E-state index contributed by atoms with van der Waals surface area (Å²) < 4.78 is 5.54. The summed E-state index contributed by atoms with van der Waals surface area (Å²) in [6.45, 7) is 3.94. The van der Waals surface area contributed by atoms with Crippen molar-refractivity contribution >= 4 is 23.2 Å². The van der Waals surface area contributed by atoms with Crippen LogP contribution >= 0.6 is 0 Å². The van der Waals surface area contributed by atoms with Gasteiger partial charge in [0.1, 0.15) is 5.75 Å². The number of fused-ring (bicyclic) bond motifs is 1. The minimum absolute atomic E-state index is 0.0883. The minimum Gasteiger partial charge on any atom is -0.479 e. The summed E-state index contributed by atoms with van der Waals surface area (Å²) in [4.78, 5) is 24.3. The van der Waals surface area contributed by atoms with Gasteiger partial charge in [-0.1, -0.05) is 26.2 Å². The van der Waals surface area contributed by atoms with Crippen molar-refractivity contribution in [2.75, 3.05) is 10.6 Å². The Bertz CT molecular complexity index is 636. The summed E-state index contributed by atoms with van der Waals surface area (Å²) >= 11 is 0. The van der Waals surface area contributed by atoms with Crippen molar-refractivity contribution in [2.24, 2.45) is 11.8 Å². The van der Waals surface area contributed by atoms with Crippen LogP contribution in [0.4, 0.5) is 11.4 Å². The molecule has 3 rings (SSSR count). The van der Waals surface area contributed by atoms with Crippen molar-refractivity contribution in [1.82, 2.24) is 0 Å². The van der Waals surface area contributed by atoms with E-state index in [2.05, 4.69) is 17.6 Å². The Kier molecular flexibility index (Phi) is 5.61. The van der Waals surface area contributed by atoms with Crippen LogP contribution in [-0.2, 0) is 9.59 Å². The van der Waals surface area contributed by atoms with Gasteiger partial charge in [0.25, 0.3) is 5.91 Å². The molecule has 1 aliphatic heterocycles. The van der Waals surface area contributed by atoms with Crippen LogP contribution in [-0.4, -0.2) is 17.9 Å². The molecule has 1 heterocycles. The summed E-state index contributed by atoms with van der Waals surface area (Å²) in [6, 6.07) is 5.39. The van der Waals surface area contributed by atoms with E-state index in [1.807, 2.05) is 6.07 Å². The highest BCUT2D eigenvalue weighted by Crippen LogP contribution is 2.34. The Balaban J connectivity index is 1.55. The molecular weight excluding hydrogens is 316 g/mol. The van der Waals surface area contributed by atoms with Crippen LogP contribution in [0.1, 0.15) is 58.8 Å². The average Bonchev–Trinajstić information content (AvgIpc) is 2.61. The molecule has 2 N–H and O–H groups in total. The number of hydrogen-bond donors (Lipinski definition) is 2. The van der Waals surface area contributed by atoms with Gasteiger partial charge < -0.3 is 15.4 Å². The van der Waals surface area contributed by atoms with Crippen molar-refractivity contribution < 1.29 is 14.3 Å². The molecule has 1 aliphatic carbocycles. The lowest BCUT2D eigenvalue weighted by Crippen LogP contribution is -2.34. The fraction of sp³-hybridized carbons (Fsp3) is 0.600. The molecule has 1 atom stereocenters. The smallest absolute Gasteiger partial charge is 0.265 e. The molecule has 1 aromatic rings. The van der Waals surface area contributed by atoms with E-state index in [1.165, 1.54) is 19.3 Å². The number of anilines is 2. The van der Waals surface area contributed by atoms with Crippen molar-refractivity contribution in [3.05, 3.63) is 18.2 Å². The van der Waals surface area contributed by atoms with Crippen molar-refractivity contribution in [2.45, 2.75) is 64.9 Å². The van der Waals surface area contributed by atoms with E-state index in [-0.39, 0.29) is 17.7 Å². The molecule has 2 amide bonds. The number of carbonyl (C=O) groups excluding carboxylic acids is 2. The molecule has 0 aromatic heterocycles. The van der Waals surface area contributed by atoms with Crippen LogP contribution in [0.25, 0.3) is 0 Å². The molecule has 136 valence electrons. The number of benzene rings is 1. The van der Waals surface area contributed by atoms with E-state index in [9.17, 15) is 9.59 Å². The summed E-state index contributed by atoms with van der Waals surface area (Å²) in [7, 11) is 0. The molecule has 5 heteroatoms. The maximum Gasteiger partial charge on any atom is 0.265 e.